The van der Waals surface area contributed by atoms with Crippen LogP contribution in [0, 0.1) is 12.7 Å². The summed E-state index contributed by atoms with van der Waals surface area (Å²) in [5, 5.41) is 0.359. The molecule has 150 valence electrons. The number of aromatic nitrogens is 5. The molecule has 0 radical (unpaired) electrons. The first-order chi connectivity index (χ1) is 14.5. The maximum absolute atomic E-state index is 14.8. The smallest absolute Gasteiger partial charge is 0.265 e. The van der Waals surface area contributed by atoms with Gasteiger partial charge in [-0.3, -0.25) is 13.9 Å². The molecule has 3 aromatic heterocycles. The molecule has 1 atom stereocenters. The van der Waals surface area contributed by atoms with Crippen molar-refractivity contribution in [2.24, 2.45) is 0 Å². The number of hydrogen-bond acceptors (Lipinski definition) is 4. The fourth-order valence-corrected chi connectivity index (χ4v) is 3.97. The van der Waals surface area contributed by atoms with E-state index >= 15 is 0 Å². The van der Waals surface area contributed by atoms with Gasteiger partial charge in [0.05, 0.1) is 16.7 Å². The lowest BCUT2D eigenvalue weighted by Gasteiger charge is -2.16. The second-order valence-corrected chi connectivity index (χ2v) is 7.46. The monoisotopic (exact) mass is 401 g/mol. The van der Waals surface area contributed by atoms with Crippen molar-refractivity contribution in [3.8, 4) is 5.69 Å². The van der Waals surface area contributed by atoms with E-state index in [1.54, 1.807) is 34.3 Å². The first kappa shape index (κ1) is 18.4. The van der Waals surface area contributed by atoms with Crippen molar-refractivity contribution < 1.29 is 4.39 Å². The summed E-state index contributed by atoms with van der Waals surface area (Å²) in [7, 11) is 0. The normalized spacial score (nSPS) is 12.8. The Morgan fingerprint density at radius 1 is 0.967 bits per heavy atom. The zero-order valence-corrected chi connectivity index (χ0v) is 16.9. The van der Waals surface area contributed by atoms with E-state index < -0.39 is 5.82 Å². The van der Waals surface area contributed by atoms with Gasteiger partial charge in [0.2, 0.25) is 0 Å². The molecule has 5 rings (SSSR count). The quantitative estimate of drug-likeness (QED) is 0.439. The summed E-state index contributed by atoms with van der Waals surface area (Å²) in [5.74, 6) is 0.156. The van der Waals surface area contributed by atoms with Crippen LogP contribution in [0.25, 0.3) is 38.9 Å². The lowest BCUT2D eigenvalue weighted by Crippen LogP contribution is -2.26. The zero-order chi connectivity index (χ0) is 21.0. The molecule has 2 aromatic carbocycles. The fraction of sp³-hybridized carbons (Fsp3) is 0.217. The van der Waals surface area contributed by atoms with Crippen molar-refractivity contribution in [3.05, 3.63) is 70.5 Å². The highest BCUT2D eigenvalue weighted by atomic mass is 19.1. The lowest BCUT2D eigenvalue weighted by atomic mass is 10.2. The van der Waals surface area contributed by atoms with Crippen LogP contribution in [-0.4, -0.2) is 24.1 Å². The molecule has 0 saturated heterocycles. The van der Waals surface area contributed by atoms with Gasteiger partial charge >= 0.3 is 0 Å². The van der Waals surface area contributed by atoms with Crippen LogP contribution in [0.4, 0.5) is 4.39 Å². The number of fused-ring (bicyclic) bond motifs is 4. The second-order valence-electron chi connectivity index (χ2n) is 7.46. The molecule has 0 fully saturated rings. The van der Waals surface area contributed by atoms with E-state index in [0.717, 1.165) is 6.42 Å². The summed E-state index contributed by atoms with van der Waals surface area (Å²) in [5.41, 5.74) is 2.66. The molecular formula is C23H20FN5O. The van der Waals surface area contributed by atoms with Crippen molar-refractivity contribution in [3.63, 3.8) is 0 Å². The minimum absolute atomic E-state index is 0.0188. The molecule has 0 saturated carbocycles. The van der Waals surface area contributed by atoms with Gasteiger partial charge in [0.1, 0.15) is 22.5 Å². The van der Waals surface area contributed by atoms with Gasteiger partial charge in [-0.05, 0) is 44.5 Å². The number of nitrogens with zero attached hydrogens (tertiary/aromatic N) is 5. The number of halogens is 1. The predicted octanol–water partition coefficient (Wildman–Crippen LogP) is 4.70. The van der Waals surface area contributed by atoms with Gasteiger partial charge in [-0.25, -0.2) is 19.3 Å². The van der Waals surface area contributed by atoms with Gasteiger partial charge < -0.3 is 0 Å². The van der Waals surface area contributed by atoms with Crippen molar-refractivity contribution in [1.29, 1.82) is 0 Å². The SMILES string of the molecule is CC[C@@H](C)n1c(C)nc2c(c1=O)c1nc3ccccc3nc1n2-c1ccccc1F. The molecule has 0 spiro atoms. The maximum atomic E-state index is 14.8. The molecule has 0 unspecified atom stereocenters. The second kappa shape index (κ2) is 6.73. The minimum Gasteiger partial charge on any atom is -0.293 e. The van der Waals surface area contributed by atoms with E-state index in [-0.39, 0.29) is 17.3 Å². The predicted molar refractivity (Wildman–Crippen MR) is 116 cm³/mol. The Labute approximate surface area is 171 Å². The highest BCUT2D eigenvalue weighted by Gasteiger charge is 2.24. The van der Waals surface area contributed by atoms with Crippen LogP contribution in [0.3, 0.4) is 0 Å². The number of hydrogen-bond donors (Lipinski definition) is 0. The van der Waals surface area contributed by atoms with E-state index in [1.807, 2.05) is 38.1 Å². The molecule has 0 bridgehead atoms. The molecule has 0 amide bonds. The van der Waals surface area contributed by atoms with Gasteiger partial charge in [-0.15, -0.1) is 0 Å². The van der Waals surface area contributed by atoms with E-state index in [1.165, 1.54) is 6.07 Å². The Morgan fingerprint density at radius 3 is 2.33 bits per heavy atom. The Hall–Kier alpha value is -3.61. The molecule has 0 aliphatic heterocycles. The summed E-state index contributed by atoms with van der Waals surface area (Å²) in [6.07, 6.45) is 0.786. The van der Waals surface area contributed by atoms with Crippen LogP contribution in [0.15, 0.2) is 53.3 Å². The number of rotatable bonds is 3. The molecule has 0 N–H and O–H groups in total. The summed E-state index contributed by atoms with van der Waals surface area (Å²) in [6, 6.07) is 13.8. The van der Waals surface area contributed by atoms with Crippen LogP contribution in [-0.2, 0) is 0 Å². The molecule has 30 heavy (non-hydrogen) atoms. The fourth-order valence-electron chi connectivity index (χ4n) is 3.97. The highest BCUT2D eigenvalue weighted by molar-refractivity contribution is 6.05. The molecule has 7 heteroatoms. The number of benzene rings is 2. The molecule has 6 nitrogen and oxygen atoms in total. The third kappa shape index (κ3) is 2.55. The number of aryl methyl sites for hydroxylation is 1. The Balaban J connectivity index is 2.05. The molecule has 0 aliphatic rings. The van der Waals surface area contributed by atoms with Crippen molar-refractivity contribution in [2.75, 3.05) is 0 Å². The molecule has 0 aliphatic carbocycles. The minimum atomic E-state index is -0.420. The summed E-state index contributed by atoms with van der Waals surface area (Å²) >= 11 is 0. The first-order valence-electron chi connectivity index (χ1n) is 9.96. The lowest BCUT2D eigenvalue weighted by molar-refractivity contribution is 0.497. The third-order valence-electron chi connectivity index (χ3n) is 5.61. The van der Waals surface area contributed by atoms with Crippen LogP contribution in [0.1, 0.15) is 32.1 Å². The number of para-hydroxylation sites is 3. The Morgan fingerprint density at radius 2 is 1.63 bits per heavy atom. The van der Waals surface area contributed by atoms with Gasteiger partial charge in [0.15, 0.2) is 11.3 Å². The van der Waals surface area contributed by atoms with Crippen LogP contribution in [0.2, 0.25) is 0 Å². The Kier molecular flexibility index (Phi) is 4.13. The van der Waals surface area contributed by atoms with Gasteiger partial charge in [0, 0.05) is 6.04 Å². The topological polar surface area (TPSA) is 65.6 Å². The van der Waals surface area contributed by atoms with E-state index in [0.29, 0.717) is 39.1 Å². The third-order valence-corrected chi connectivity index (χ3v) is 5.61. The average molecular weight is 401 g/mol. The molecular weight excluding hydrogens is 381 g/mol. The Bertz CT molecular complexity index is 1500. The maximum Gasteiger partial charge on any atom is 0.265 e. The van der Waals surface area contributed by atoms with E-state index in [9.17, 15) is 9.18 Å². The molecule has 5 aromatic rings. The van der Waals surface area contributed by atoms with E-state index in [2.05, 4.69) is 0 Å². The summed E-state index contributed by atoms with van der Waals surface area (Å²) < 4.78 is 18.1. The van der Waals surface area contributed by atoms with Gasteiger partial charge in [-0.1, -0.05) is 31.2 Å². The van der Waals surface area contributed by atoms with Gasteiger partial charge in [-0.2, -0.15) is 0 Å². The van der Waals surface area contributed by atoms with Crippen molar-refractivity contribution in [2.45, 2.75) is 33.2 Å². The summed E-state index contributed by atoms with van der Waals surface area (Å²) in [6.45, 7) is 5.81. The van der Waals surface area contributed by atoms with Crippen LogP contribution in [0.5, 0.6) is 0 Å². The van der Waals surface area contributed by atoms with Crippen LogP contribution >= 0.6 is 0 Å². The van der Waals surface area contributed by atoms with E-state index in [4.69, 9.17) is 15.0 Å². The standard InChI is InChI=1S/C23H20FN5O/c1-4-13(2)28-14(3)25-21-19(23(28)30)20-22(27-17-11-7-6-10-16(17)26-20)29(21)18-12-8-5-9-15(18)24/h5-13H,4H2,1-3H3/t13-/m1/s1. The van der Waals surface area contributed by atoms with Crippen LogP contribution < -0.4 is 5.56 Å². The first-order valence-corrected chi connectivity index (χ1v) is 9.96. The largest absolute Gasteiger partial charge is 0.293 e. The average Bonchev–Trinajstić information content (AvgIpc) is 3.05. The zero-order valence-electron chi connectivity index (χ0n) is 16.9. The highest BCUT2D eigenvalue weighted by Crippen LogP contribution is 2.30. The van der Waals surface area contributed by atoms with Crippen molar-refractivity contribution >= 4 is 33.2 Å². The van der Waals surface area contributed by atoms with Crippen molar-refractivity contribution in [1.82, 2.24) is 24.1 Å². The molecule has 3 heterocycles. The summed E-state index contributed by atoms with van der Waals surface area (Å²) in [4.78, 5) is 27.8. The van der Waals surface area contributed by atoms with Gasteiger partial charge in [0.25, 0.3) is 5.56 Å².